The molecular formula is C22H21N3O. The number of amides is 1. The van der Waals surface area contributed by atoms with Gasteiger partial charge in [0.05, 0.1) is 0 Å². The van der Waals surface area contributed by atoms with Gasteiger partial charge >= 0.3 is 0 Å². The van der Waals surface area contributed by atoms with Gasteiger partial charge in [0, 0.05) is 43.8 Å². The molecule has 2 aromatic carbocycles. The lowest BCUT2D eigenvalue weighted by Crippen LogP contribution is -2.22. The highest BCUT2D eigenvalue weighted by atomic mass is 16.1. The van der Waals surface area contributed by atoms with Gasteiger partial charge in [-0.2, -0.15) is 0 Å². The molecule has 0 spiro atoms. The molecule has 0 fully saturated rings. The van der Waals surface area contributed by atoms with Crippen molar-refractivity contribution < 1.29 is 4.79 Å². The van der Waals surface area contributed by atoms with Gasteiger partial charge in [-0.05, 0) is 59.0 Å². The number of pyridine rings is 1. The van der Waals surface area contributed by atoms with Gasteiger partial charge in [0.2, 0.25) is 0 Å². The zero-order valence-corrected chi connectivity index (χ0v) is 14.8. The lowest BCUT2D eigenvalue weighted by atomic mass is 10.0. The number of likely N-dealkylation sites (N-methyl/N-ethyl adjacent to an activating group) is 1. The van der Waals surface area contributed by atoms with Crippen molar-refractivity contribution >= 4 is 11.6 Å². The molecule has 3 aromatic rings. The maximum absolute atomic E-state index is 12.3. The molecule has 0 saturated heterocycles. The maximum atomic E-state index is 12.3. The maximum Gasteiger partial charge on any atom is 0.251 e. The Hall–Kier alpha value is -3.14. The molecule has 1 aliphatic heterocycles. The van der Waals surface area contributed by atoms with E-state index in [2.05, 4.69) is 40.4 Å². The van der Waals surface area contributed by atoms with E-state index in [1.807, 2.05) is 36.4 Å². The molecule has 1 aliphatic rings. The molecule has 4 heteroatoms. The summed E-state index contributed by atoms with van der Waals surface area (Å²) in [7, 11) is 2.13. The van der Waals surface area contributed by atoms with E-state index >= 15 is 0 Å². The minimum absolute atomic E-state index is 0.0732. The smallest absolute Gasteiger partial charge is 0.251 e. The van der Waals surface area contributed by atoms with Crippen LogP contribution in [0.4, 0.5) is 5.69 Å². The second-order valence-electron chi connectivity index (χ2n) is 6.64. The first-order chi connectivity index (χ1) is 12.7. The van der Waals surface area contributed by atoms with Gasteiger partial charge in [-0.15, -0.1) is 0 Å². The Morgan fingerprint density at radius 3 is 2.69 bits per heavy atom. The van der Waals surface area contributed by atoms with Crippen molar-refractivity contribution in [2.75, 3.05) is 18.5 Å². The Bertz CT molecular complexity index is 920. The molecule has 1 amide bonds. The number of rotatable bonds is 4. The third-order valence-electron chi connectivity index (χ3n) is 4.86. The monoisotopic (exact) mass is 343 g/mol. The van der Waals surface area contributed by atoms with Crippen molar-refractivity contribution in [3.63, 3.8) is 0 Å². The summed E-state index contributed by atoms with van der Waals surface area (Å²) < 4.78 is 0. The lowest BCUT2D eigenvalue weighted by Gasteiger charge is -2.12. The zero-order chi connectivity index (χ0) is 17.9. The van der Waals surface area contributed by atoms with Crippen LogP contribution in [0.2, 0.25) is 0 Å². The third kappa shape index (κ3) is 3.31. The van der Waals surface area contributed by atoms with E-state index in [0.29, 0.717) is 12.1 Å². The molecule has 4 nitrogen and oxygen atoms in total. The topological polar surface area (TPSA) is 45.2 Å². The summed E-state index contributed by atoms with van der Waals surface area (Å²) in [6.07, 6.45) is 4.57. The number of hydrogen-bond acceptors (Lipinski definition) is 3. The zero-order valence-electron chi connectivity index (χ0n) is 14.8. The number of nitrogens with one attached hydrogen (secondary N) is 1. The fourth-order valence-corrected chi connectivity index (χ4v) is 3.35. The van der Waals surface area contributed by atoms with Gasteiger partial charge < -0.3 is 10.2 Å². The van der Waals surface area contributed by atoms with Crippen LogP contribution in [0.15, 0.2) is 67.0 Å². The number of benzene rings is 2. The van der Waals surface area contributed by atoms with Crippen LogP contribution in [-0.2, 0) is 13.0 Å². The Morgan fingerprint density at radius 1 is 1.12 bits per heavy atom. The average molecular weight is 343 g/mol. The van der Waals surface area contributed by atoms with Crippen molar-refractivity contribution in [2.45, 2.75) is 13.0 Å². The van der Waals surface area contributed by atoms with Gasteiger partial charge in [0.1, 0.15) is 0 Å². The first kappa shape index (κ1) is 16.3. The SMILES string of the molecule is CN1CCc2cc(-c3ccc(C(=O)NCc4cccnc4)cc3)ccc21. The van der Waals surface area contributed by atoms with Crippen LogP contribution in [0.1, 0.15) is 21.5 Å². The van der Waals surface area contributed by atoms with E-state index in [4.69, 9.17) is 0 Å². The van der Waals surface area contributed by atoms with Crippen molar-refractivity contribution in [1.29, 1.82) is 0 Å². The number of fused-ring (bicyclic) bond motifs is 1. The predicted octanol–water partition coefficient (Wildman–Crippen LogP) is 3.67. The average Bonchev–Trinajstić information content (AvgIpc) is 3.07. The van der Waals surface area contributed by atoms with Crippen molar-refractivity contribution in [3.8, 4) is 11.1 Å². The van der Waals surface area contributed by atoms with E-state index in [9.17, 15) is 4.79 Å². The van der Waals surface area contributed by atoms with Crippen LogP contribution in [-0.4, -0.2) is 24.5 Å². The Labute approximate surface area is 153 Å². The summed E-state index contributed by atoms with van der Waals surface area (Å²) in [4.78, 5) is 18.7. The van der Waals surface area contributed by atoms with Crippen LogP contribution in [0.25, 0.3) is 11.1 Å². The lowest BCUT2D eigenvalue weighted by molar-refractivity contribution is 0.0951. The molecule has 0 atom stereocenters. The second-order valence-corrected chi connectivity index (χ2v) is 6.64. The fourth-order valence-electron chi connectivity index (χ4n) is 3.35. The van der Waals surface area contributed by atoms with Crippen LogP contribution >= 0.6 is 0 Å². The van der Waals surface area contributed by atoms with Crippen LogP contribution in [0.3, 0.4) is 0 Å². The number of carbonyl (C=O) groups is 1. The molecule has 0 unspecified atom stereocenters. The number of aromatic nitrogens is 1. The van der Waals surface area contributed by atoms with Crippen LogP contribution in [0.5, 0.6) is 0 Å². The van der Waals surface area contributed by atoms with Gasteiger partial charge in [-0.1, -0.05) is 24.3 Å². The first-order valence-electron chi connectivity index (χ1n) is 8.82. The Balaban J connectivity index is 1.46. The second kappa shape index (κ2) is 7.00. The molecule has 0 bridgehead atoms. The normalized spacial score (nSPS) is 12.7. The molecule has 130 valence electrons. The summed E-state index contributed by atoms with van der Waals surface area (Å²) in [5.41, 5.74) is 6.69. The van der Waals surface area contributed by atoms with E-state index in [-0.39, 0.29) is 5.91 Å². The molecule has 1 aromatic heterocycles. The van der Waals surface area contributed by atoms with Crippen LogP contribution < -0.4 is 10.2 Å². The molecule has 0 saturated carbocycles. The molecule has 1 N–H and O–H groups in total. The van der Waals surface area contributed by atoms with E-state index < -0.39 is 0 Å². The summed E-state index contributed by atoms with van der Waals surface area (Å²) in [5, 5.41) is 2.93. The molecule has 4 rings (SSSR count). The summed E-state index contributed by atoms with van der Waals surface area (Å²) in [5.74, 6) is -0.0732. The summed E-state index contributed by atoms with van der Waals surface area (Å²) >= 11 is 0. The summed E-state index contributed by atoms with van der Waals surface area (Å²) in [6.45, 7) is 1.56. The van der Waals surface area contributed by atoms with Crippen molar-refractivity contribution in [1.82, 2.24) is 10.3 Å². The Kier molecular flexibility index (Phi) is 4.40. The minimum atomic E-state index is -0.0732. The number of anilines is 1. The van der Waals surface area contributed by atoms with Crippen LogP contribution in [0, 0.1) is 0 Å². The number of nitrogens with zero attached hydrogens (tertiary/aromatic N) is 2. The number of carbonyl (C=O) groups excluding carboxylic acids is 1. The fraction of sp³-hybridized carbons (Fsp3) is 0.182. The van der Waals surface area contributed by atoms with Gasteiger partial charge in [0.15, 0.2) is 0 Å². The quantitative estimate of drug-likeness (QED) is 0.786. The van der Waals surface area contributed by atoms with E-state index in [1.165, 1.54) is 16.8 Å². The molecule has 2 heterocycles. The molecule has 26 heavy (non-hydrogen) atoms. The standard InChI is InChI=1S/C22H21N3O/c1-25-12-10-20-13-19(8-9-21(20)25)17-4-6-18(7-5-17)22(26)24-15-16-3-2-11-23-14-16/h2-9,11,13-14H,10,12,15H2,1H3,(H,24,26). The minimum Gasteiger partial charge on any atom is -0.374 e. The number of hydrogen-bond donors (Lipinski definition) is 1. The van der Waals surface area contributed by atoms with Gasteiger partial charge in [0.25, 0.3) is 5.91 Å². The van der Waals surface area contributed by atoms with E-state index in [0.717, 1.165) is 24.1 Å². The largest absolute Gasteiger partial charge is 0.374 e. The Morgan fingerprint density at radius 2 is 1.92 bits per heavy atom. The first-order valence-corrected chi connectivity index (χ1v) is 8.82. The molecule has 0 aliphatic carbocycles. The van der Waals surface area contributed by atoms with Gasteiger partial charge in [-0.3, -0.25) is 9.78 Å². The summed E-state index contributed by atoms with van der Waals surface area (Å²) in [6, 6.07) is 18.2. The highest BCUT2D eigenvalue weighted by Gasteiger charge is 2.16. The van der Waals surface area contributed by atoms with Crippen molar-refractivity contribution in [3.05, 3.63) is 83.7 Å². The third-order valence-corrected chi connectivity index (χ3v) is 4.86. The van der Waals surface area contributed by atoms with E-state index in [1.54, 1.807) is 12.4 Å². The predicted molar refractivity (Wildman–Crippen MR) is 104 cm³/mol. The molecule has 0 radical (unpaired) electrons. The highest BCUT2D eigenvalue weighted by molar-refractivity contribution is 5.94. The van der Waals surface area contributed by atoms with Crippen molar-refractivity contribution in [2.24, 2.45) is 0 Å². The molecular weight excluding hydrogens is 322 g/mol. The highest BCUT2D eigenvalue weighted by Crippen LogP contribution is 2.31. The van der Waals surface area contributed by atoms with Gasteiger partial charge in [-0.25, -0.2) is 0 Å².